The van der Waals surface area contributed by atoms with Crippen LogP contribution in [0, 0.1) is 0 Å². The number of nitrogens with zero attached hydrogens (tertiary/aromatic N) is 3. The summed E-state index contributed by atoms with van der Waals surface area (Å²) in [6, 6.07) is 11.7. The van der Waals surface area contributed by atoms with Crippen molar-refractivity contribution in [3.63, 3.8) is 0 Å². The molecule has 172 valence electrons. The lowest BCUT2D eigenvalue weighted by molar-refractivity contribution is -0.138. The lowest BCUT2D eigenvalue weighted by atomic mass is 10.1. The van der Waals surface area contributed by atoms with Crippen molar-refractivity contribution in [1.29, 1.82) is 0 Å². The number of amides is 3. The van der Waals surface area contributed by atoms with Gasteiger partial charge in [0.2, 0.25) is 11.8 Å². The van der Waals surface area contributed by atoms with Crippen LogP contribution in [-0.4, -0.2) is 84.4 Å². The molecule has 0 saturated carbocycles. The zero-order valence-electron chi connectivity index (χ0n) is 18.7. The molecule has 32 heavy (non-hydrogen) atoms. The molecule has 1 aliphatic rings. The molecule has 2 aromatic rings. The number of thiophene rings is 1. The summed E-state index contributed by atoms with van der Waals surface area (Å²) in [7, 11) is 0. The number of hydrogen-bond acceptors (Lipinski definition) is 5. The second-order valence-electron chi connectivity index (χ2n) is 7.77. The van der Waals surface area contributed by atoms with Crippen LogP contribution in [-0.2, 0) is 20.7 Å². The molecule has 0 unspecified atom stereocenters. The highest BCUT2D eigenvalue weighted by atomic mass is 32.1. The van der Waals surface area contributed by atoms with Crippen LogP contribution in [0.4, 0.5) is 0 Å². The number of carbonyl (C=O) groups is 3. The van der Waals surface area contributed by atoms with Gasteiger partial charge in [-0.15, -0.1) is 0 Å². The van der Waals surface area contributed by atoms with Crippen molar-refractivity contribution in [2.24, 2.45) is 0 Å². The fourth-order valence-corrected chi connectivity index (χ4v) is 4.42. The molecule has 1 atom stereocenters. The summed E-state index contributed by atoms with van der Waals surface area (Å²) in [5.41, 5.74) is 1.71. The van der Waals surface area contributed by atoms with Gasteiger partial charge in [0.05, 0.1) is 11.7 Å². The van der Waals surface area contributed by atoms with E-state index in [-0.39, 0.29) is 37.4 Å². The van der Waals surface area contributed by atoms with Gasteiger partial charge < -0.3 is 19.4 Å². The van der Waals surface area contributed by atoms with Gasteiger partial charge in [-0.1, -0.05) is 30.3 Å². The van der Waals surface area contributed by atoms with Crippen LogP contribution in [0.25, 0.3) is 0 Å². The molecule has 1 fully saturated rings. The molecular weight excluding hydrogens is 426 g/mol. The Morgan fingerprint density at radius 2 is 1.88 bits per heavy atom. The molecule has 7 nitrogen and oxygen atoms in total. The fraction of sp³-hybridized carbons (Fsp3) is 0.458. The van der Waals surface area contributed by atoms with Crippen molar-refractivity contribution in [2.45, 2.75) is 26.4 Å². The molecule has 1 aromatic carbocycles. The van der Waals surface area contributed by atoms with Gasteiger partial charge in [0.15, 0.2) is 0 Å². The Balaban J connectivity index is 1.71. The molecule has 0 N–H and O–H groups in total. The SMILES string of the molecule is CCN(CC)C(=O)CO[C@H]1CN(CCc2ccccc2)C(=O)CN(C(=O)c2ccsc2)C1. The Morgan fingerprint density at radius 1 is 1.12 bits per heavy atom. The number of likely N-dealkylation sites (N-methyl/N-ethyl adjacent to an activating group) is 1. The first-order chi connectivity index (χ1) is 15.5. The van der Waals surface area contributed by atoms with E-state index in [0.717, 1.165) is 12.0 Å². The first kappa shape index (κ1) is 23.9. The third kappa shape index (κ3) is 6.40. The summed E-state index contributed by atoms with van der Waals surface area (Å²) in [6.07, 6.45) is 0.287. The highest BCUT2D eigenvalue weighted by molar-refractivity contribution is 7.08. The van der Waals surface area contributed by atoms with E-state index in [4.69, 9.17) is 4.74 Å². The van der Waals surface area contributed by atoms with Gasteiger partial charge in [0.25, 0.3) is 5.91 Å². The van der Waals surface area contributed by atoms with Crippen molar-refractivity contribution < 1.29 is 19.1 Å². The van der Waals surface area contributed by atoms with E-state index in [1.807, 2.05) is 49.6 Å². The van der Waals surface area contributed by atoms with Crippen LogP contribution >= 0.6 is 11.3 Å². The predicted octanol–water partition coefficient (Wildman–Crippen LogP) is 2.53. The molecule has 1 saturated heterocycles. The lowest BCUT2D eigenvalue weighted by Crippen LogP contribution is -2.41. The Bertz CT molecular complexity index is 884. The van der Waals surface area contributed by atoms with Gasteiger partial charge in [0, 0.05) is 38.1 Å². The third-order valence-electron chi connectivity index (χ3n) is 5.65. The molecule has 0 spiro atoms. The summed E-state index contributed by atoms with van der Waals surface area (Å²) >= 11 is 1.44. The Hall–Kier alpha value is -2.71. The molecule has 2 heterocycles. The van der Waals surface area contributed by atoms with E-state index >= 15 is 0 Å². The first-order valence-corrected chi connectivity index (χ1v) is 12.0. The minimum atomic E-state index is -0.431. The summed E-state index contributed by atoms with van der Waals surface area (Å²) in [5.74, 6) is -0.379. The van der Waals surface area contributed by atoms with Gasteiger partial charge >= 0.3 is 0 Å². The Labute approximate surface area is 193 Å². The maximum absolute atomic E-state index is 13.0. The number of ether oxygens (including phenoxy) is 1. The zero-order valence-corrected chi connectivity index (χ0v) is 19.6. The predicted molar refractivity (Wildman–Crippen MR) is 125 cm³/mol. The minimum Gasteiger partial charge on any atom is -0.365 e. The molecule has 1 aliphatic heterocycles. The maximum atomic E-state index is 13.0. The van der Waals surface area contributed by atoms with E-state index in [2.05, 4.69) is 0 Å². The van der Waals surface area contributed by atoms with Gasteiger partial charge in [-0.2, -0.15) is 11.3 Å². The Kier molecular flexibility index (Phi) is 8.81. The summed E-state index contributed by atoms with van der Waals surface area (Å²) in [5, 5.41) is 3.63. The molecular formula is C24H31N3O4S. The summed E-state index contributed by atoms with van der Waals surface area (Å²) < 4.78 is 5.96. The second-order valence-corrected chi connectivity index (χ2v) is 8.55. The van der Waals surface area contributed by atoms with Crippen LogP contribution in [0.1, 0.15) is 29.8 Å². The quantitative estimate of drug-likeness (QED) is 0.580. The van der Waals surface area contributed by atoms with Crippen molar-refractivity contribution in [3.8, 4) is 0 Å². The van der Waals surface area contributed by atoms with Crippen LogP contribution in [0.15, 0.2) is 47.2 Å². The molecule has 3 rings (SSSR count). The average Bonchev–Trinajstić information content (AvgIpc) is 3.29. The van der Waals surface area contributed by atoms with Crippen LogP contribution < -0.4 is 0 Å². The van der Waals surface area contributed by atoms with Crippen molar-refractivity contribution >= 4 is 29.1 Å². The Morgan fingerprint density at radius 3 is 2.53 bits per heavy atom. The van der Waals surface area contributed by atoms with Crippen molar-refractivity contribution in [1.82, 2.24) is 14.7 Å². The van der Waals surface area contributed by atoms with E-state index in [1.165, 1.54) is 11.3 Å². The highest BCUT2D eigenvalue weighted by Crippen LogP contribution is 2.15. The van der Waals surface area contributed by atoms with Crippen molar-refractivity contribution in [3.05, 3.63) is 58.3 Å². The molecule has 0 aliphatic carbocycles. The topological polar surface area (TPSA) is 70.2 Å². The van der Waals surface area contributed by atoms with E-state index in [0.29, 0.717) is 31.7 Å². The summed E-state index contributed by atoms with van der Waals surface area (Å²) in [4.78, 5) is 43.4. The van der Waals surface area contributed by atoms with Crippen LogP contribution in [0.3, 0.4) is 0 Å². The van der Waals surface area contributed by atoms with Gasteiger partial charge in [-0.05, 0) is 37.3 Å². The molecule has 3 amide bonds. The van der Waals surface area contributed by atoms with Crippen LogP contribution in [0.5, 0.6) is 0 Å². The number of hydrogen-bond donors (Lipinski definition) is 0. The van der Waals surface area contributed by atoms with E-state index in [1.54, 1.807) is 26.1 Å². The minimum absolute atomic E-state index is 0.00726. The standard InChI is InChI=1S/C24H31N3O4S/c1-3-25(4-2)23(29)17-31-21-14-26(12-10-19-8-6-5-7-9-19)22(28)16-27(15-21)24(30)20-11-13-32-18-20/h5-9,11,13,18,21H,3-4,10,12,14-17H2,1-2H3/t21-/m0/s1. The zero-order chi connectivity index (χ0) is 22.9. The third-order valence-corrected chi connectivity index (χ3v) is 6.34. The van der Waals surface area contributed by atoms with E-state index < -0.39 is 6.10 Å². The van der Waals surface area contributed by atoms with Crippen LogP contribution in [0.2, 0.25) is 0 Å². The average molecular weight is 458 g/mol. The highest BCUT2D eigenvalue weighted by Gasteiger charge is 2.31. The number of benzene rings is 1. The maximum Gasteiger partial charge on any atom is 0.255 e. The molecule has 0 bridgehead atoms. The van der Waals surface area contributed by atoms with Gasteiger partial charge in [-0.25, -0.2) is 0 Å². The first-order valence-electron chi connectivity index (χ1n) is 11.0. The van der Waals surface area contributed by atoms with Gasteiger partial charge in [-0.3, -0.25) is 14.4 Å². The van der Waals surface area contributed by atoms with Gasteiger partial charge in [0.1, 0.15) is 13.2 Å². The second kappa shape index (κ2) is 11.8. The number of rotatable bonds is 9. The largest absolute Gasteiger partial charge is 0.365 e. The summed E-state index contributed by atoms with van der Waals surface area (Å²) in [6.45, 7) is 6.20. The fourth-order valence-electron chi connectivity index (χ4n) is 3.79. The van der Waals surface area contributed by atoms with Crippen molar-refractivity contribution in [2.75, 3.05) is 45.9 Å². The molecule has 8 heteroatoms. The smallest absolute Gasteiger partial charge is 0.255 e. The molecule has 1 aromatic heterocycles. The monoisotopic (exact) mass is 457 g/mol. The normalized spacial score (nSPS) is 16.7. The van der Waals surface area contributed by atoms with E-state index in [9.17, 15) is 14.4 Å². The number of carbonyl (C=O) groups excluding carboxylic acids is 3. The molecule has 0 radical (unpaired) electrons. The lowest BCUT2D eigenvalue weighted by Gasteiger charge is -2.26.